The summed E-state index contributed by atoms with van der Waals surface area (Å²) in [5.41, 5.74) is 0. The molecule has 0 spiro atoms. The molecule has 0 heterocycles. The summed E-state index contributed by atoms with van der Waals surface area (Å²) in [6, 6.07) is 0. The fourth-order valence-electron chi connectivity index (χ4n) is 1.36. The van der Waals surface area contributed by atoms with Crippen molar-refractivity contribution < 1.29 is 18.5 Å². The average molecular weight is 267 g/mol. The highest BCUT2D eigenvalue weighted by atomic mass is 31.2. The molecule has 0 fully saturated rings. The molecular formula is C11H26NO4P. The predicted octanol–water partition coefficient (Wildman–Crippen LogP) is 2.70. The monoisotopic (exact) mass is 267 g/mol. The summed E-state index contributed by atoms with van der Waals surface area (Å²) < 4.78 is 20.9. The van der Waals surface area contributed by atoms with Gasteiger partial charge in [0.1, 0.15) is 0 Å². The lowest BCUT2D eigenvalue weighted by Gasteiger charge is -2.11. The normalized spacial score (nSPS) is 14.8. The second kappa shape index (κ2) is 11.2. The van der Waals surface area contributed by atoms with E-state index in [2.05, 4.69) is 12.2 Å². The first kappa shape index (κ1) is 17.1. The van der Waals surface area contributed by atoms with E-state index in [1.54, 1.807) is 7.05 Å². The Hall–Kier alpha value is 0.0700. The number of unbranched alkanes of at least 4 members (excludes halogenated alkanes) is 5. The Bertz CT molecular complexity index is 214. The van der Waals surface area contributed by atoms with E-state index in [0.717, 1.165) is 19.3 Å². The number of phosphoric ester groups is 1. The van der Waals surface area contributed by atoms with E-state index in [1.807, 2.05) is 0 Å². The van der Waals surface area contributed by atoms with Gasteiger partial charge in [0.15, 0.2) is 0 Å². The summed E-state index contributed by atoms with van der Waals surface area (Å²) in [6.07, 6.45) is 6.72. The first-order valence-electron chi connectivity index (χ1n) is 6.39. The van der Waals surface area contributed by atoms with Crippen LogP contribution in [0.5, 0.6) is 0 Å². The summed E-state index contributed by atoms with van der Waals surface area (Å²) in [4.78, 5) is 9.27. The Morgan fingerprint density at radius 2 is 1.65 bits per heavy atom. The lowest BCUT2D eigenvalue weighted by Crippen LogP contribution is -2.13. The molecule has 0 aromatic carbocycles. The van der Waals surface area contributed by atoms with Crippen LogP contribution in [-0.4, -0.2) is 31.7 Å². The molecule has 6 heteroatoms. The van der Waals surface area contributed by atoms with Crippen molar-refractivity contribution in [1.29, 1.82) is 0 Å². The molecule has 0 amide bonds. The zero-order valence-electron chi connectivity index (χ0n) is 11.0. The Balaban J connectivity index is 3.36. The molecule has 0 aliphatic heterocycles. The van der Waals surface area contributed by atoms with Crippen LogP contribution in [-0.2, 0) is 13.6 Å². The van der Waals surface area contributed by atoms with Crippen LogP contribution in [0.25, 0.3) is 0 Å². The average Bonchev–Trinajstić information content (AvgIpc) is 2.28. The quantitative estimate of drug-likeness (QED) is 0.420. The van der Waals surface area contributed by atoms with Crippen LogP contribution >= 0.6 is 7.82 Å². The minimum Gasteiger partial charge on any atom is -0.317 e. The van der Waals surface area contributed by atoms with E-state index >= 15 is 0 Å². The second-order valence-corrected chi connectivity index (χ2v) is 5.46. The van der Waals surface area contributed by atoms with Crippen molar-refractivity contribution in [2.75, 3.05) is 26.8 Å². The molecule has 0 saturated heterocycles. The first-order chi connectivity index (χ1) is 8.12. The van der Waals surface area contributed by atoms with Crippen LogP contribution in [0.1, 0.15) is 45.4 Å². The first-order valence-corrected chi connectivity index (χ1v) is 7.88. The Labute approximate surface area is 105 Å². The Morgan fingerprint density at radius 3 is 2.29 bits per heavy atom. The SMILES string of the molecule is CCCCCCCCOP(=O)(O)OCCNC. The van der Waals surface area contributed by atoms with Gasteiger partial charge in [-0.25, -0.2) is 4.57 Å². The molecule has 0 aromatic heterocycles. The van der Waals surface area contributed by atoms with Gasteiger partial charge in [0.25, 0.3) is 0 Å². The second-order valence-electron chi connectivity index (χ2n) is 4.01. The summed E-state index contributed by atoms with van der Waals surface area (Å²) in [7, 11) is -2.07. The lowest BCUT2D eigenvalue weighted by atomic mass is 10.1. The van der Waals surface area contributed by atoms with Crippen LogP contribution in [0.4, 0.5) is 0 Å². The fourth-order valence-corrected chi connectivity index (χ4v) is 2.12. The van der Waals surface area contributed by atoms with E-state index in [1.165, 1.54) is 19.3 Å². The van der Waals surface area contributed by atoms with Crippen LogP contribution in [0, 0.1) is 0 Å². The van der Waals surface area contributed by atoms with Crippen molar-refractivity contribution >= 4 is 7.82 Å². The minimum atomic E-state index is -3.82. The number of likely N-dealkylation sites (N-methyl/N-ethyl adjacent to an activating group) is 1. The molecule has 0 aliphatic carbocycles. The topological polar surface area (TPSA) is 67.8 Å². The van der Waals surface area contributed by atoms with Crippen LogP contribution in [0.15, 0.2) is 0 Å². The van der Waals surface area contributed by atoms with Crippen LogP contribution in [0.3, 0.4) is 0 Å². The lowest BCUT2D eigenvalue weighted by molar-refractivity contribution is 0.148. The van der Waals surface area contributed by atoms with Gasteiger partial charge in [-0.3, -0.25) is 9.05 Å². The zero-order valence-corrected chi connectivity index (χ0v) is 11.9. The molecule has 2 N–H and O–H groups in total. The standard InChI is InChI=1S/C11H26NO4P/c1-3-4-5-6-7-8-10-15-17(13,14)16-11-9-12-2/h12H,3-11H2,1-2H3,(H,13,14). The molecule has 1 unspecified atom stereocenters. The van der Waals surface area contributed by atoms with Gasteiger partial charge in [-0.2, -0.15) is 0 Å². The summed E-state index contributed by atoms with van der Waals surface area (Å²) >= 11 is 0. The Kier molecular flexibility index (Phi) is 11.2. The molecule has 5 nitrogen and oxygen atoms in total. The number of rotatable bonds is 12. The zero-order chi connectivity index (χ0) is 13.0. The van der Waals surface area contributed by atoms with Crippen LogP contribution < -0.4 is 5.32 Å². The minimum absolute atomic E-state index is 0.181. The van der Waals surface area contributed by atoms with E-state index in [4.69, 9.17) is 9.05 Å². The molecule has 0 radical (unpaired) electrons. The van der Waals surface area contributed by atoms with Gasteiger partial charge in [0.2, 0.25) is 0 Å². The highest BCUT2D eigenvalue weighted by molar-refractivity contribution is 7.47. The maximum Gasteiger partial charge on any atom is 0.472 e. The van der Waals surface area contributed by atoms with E-state index < -0.39 is 7.82 Å². The third kappa shape index (κ3) is 12.3. The van der Waals surface area contributed by atoms with Crippen molar-refractivity contribution in [3.63, 3.8) is 0 Å². The van der Waals surface area contributed by atoms with E-state index in [9.17, 15) is 9.46 Å². The van der Waals surface area contributed by atoms with Crippen molar-refractivity contribution in [2.24, 2.45) is 0 Å². The number of phosphoric acid groups is 1. The van der Waals surface area contributed by atoms with Crippen molar-refractivity contribution in [2.45, 2.75) is 45.4 Å². The maximum absolute atomic E-state index is 11.3. The Morgan fingerprint density at radius 1 is 1.06 bits per heavy atom. The highest BCUT2D eigenvalue weighted by Crippen LogP contribution is 2.42. The number of hydrogen-bond donors (Lipinski definition) is 2. The number of nitrogens with one attached hydrogen (secondary N) is 1. The molecule has 0 saturated carbocycles. The van der Waals surface area contributed by atoms with Crippen LogP contribution in [0.2, 0.25) is 0 Å². The number of hydrogen-bond acceptors (Lipinski definition) is 4. The van der Waals surface area contributed by atoms with Crippen molar-refractivity contribution in [3.05, 3.63) is 0 Å². The van der Waals surface area contributed by atoms with Gasteiger partial charge in [-0.15, -0.1) is 0 Å². The van der Waals surface area contributed by atoms with Crippen molar-refractivity contribution in [1.82, 2.24) is 5.32 Å². The van der Waals surface area contributed by atoms with Gasteiger partial charge in [-0.1, -0.05) is 39.0 Å². The van der Waals surface area contributed by atoms with Gasteiger partial charge in [-0.05, 0) is 13.5 Å². The highest BCUT2D eigenvalue weighted by Gasteiger charge is 2.19. The van der Waals surface area contributed by atoms with Gasteiger partial charge >= 0.3 is 7.82 Å². The van der Waals surface area contributed by atoms with E-state index in [0.29, 0.717) is 13.2 Å². The maximum atomic E-state index is 11.3. The van der Waals surface area contributed by atoms with E-state index in [-0.39, 0.29) is 6.61 Å². The molecule has 0 bridgehead atoms. The van der Waals surface area contributed by atoms with Crippen molar-refractivity contribution in [3.8, 4) is 0 Å². The molecule has 0 aliphatic rings. The summed E-state index contributed by atoms with van der Waals surface area (Å²) in [5.74, 6) is 0. The third-order valence-corrected chi connectivity index (χ3v) is 3.38. The summed E-state index contributed by atoms with van der Waals surface area (Å²) in [6.45, 7) is 3.18. The largest absolute Gasteiger partial charge is 0.472 e. The molecule has 0 rings (SSSR count). The third-order valence-electron chi connectivity index (χ3n) is 2.36. The smallest absolute Gasteiger partial charge is 0.317 e. The summed E-state index contributed by atoms with van der Waals surface area (Å²) in [5, 5.41) is 2.82. The molecule has 1 atom stereocenters. The molecular weight excluding hydrogens is 241 g/mol. The molecule has 17 heavy (non-hydrogen) atoms. The van der Waals surface area contributed by atoms with Gasteiger partial charge in [0, 0.05) is 6.54 Å². The molecule has 104 valence electrons. The van der Waals surface area contributed by atoms with Gasteiger partial charge in [0.05, 0.1) is 13.2 Å². The molecule has 0 aromatic rings. The fraction of sp³-hybridized carbons (Fsp3) is 1.00. The van der Waals surface area contributed by atoms with Gasteiger partial charge < -0.3 is 10.2 Å². The predicted molar refractivity (Wildman–Crippen MR) is 69.0 cm³/mol.